The topological polar surface area (TPSA) is 79.8 Å². The molecule has 0 aliphatic carbocycles. The number of hydrogen-bond acceptors (Lipinski definition) is 6. The van der Waals surface area contributed by atoms with Crippen LogP contribution in [0.4, 0.5) is 11.6 Å². The van der Waals surface area contributed by atoms with Crippen molar-refractivity contribution in [1.82, 2.24) is 20.3 Å². The highest BCUT2D eigenvalue weighted by molar-refractivity contribution is 7.15. The Kier molecular flexibility index (Phi) is 6.33. The average Bonchev–Trinajstić information content (AvgIpc) is 3.24. The number of nitrogens with one attached hydrogen (secondary N) is 2. The van der Waals surface area contributed by atoms with E-state index in [2.05, 4.69) is 32.7 Å². The van der Waals surface area contributed by atoms with E-state index in [0.717, 1.165) is 32.5 Å². The molecule has 4 aromatic rings. The fourth-order valence-electron chi connectivity index (χ4n) is 3.24. The third-order valence-electron chi connectivity index (χ3n) is 4.65. The van der Waals surface area contributed by atoms with Gasteiger partial charge in [-0.25, -0.2) is 15.0 Å². The minimum Gasteiger partial charge on any atom is -0.347 e. The Morgan fingerprint density at radius 1 is 1.03 bits per heavy atom. The van der Waals surface area contributed by atoms with Crippen LogP contribution in [0.25, 0.3) is 10.6 Å². The Hall–Kier alpha value is -3.58. The van der Waals surface area contributed by atoms with Crippen molar-refractivity contribution in [2.24, 2.45) is 0 Å². The summed E-state index contributed by atoms with van der Waals surface area (Å²) in [5.74, 6) is 1.39. The van der Waals surface area contributed by atoms with Gasteiger partial charge in [0, 0.05) is 19.3 Å². The predicted octanol–water partition coefficient (Wildman–Crippen LogP) is 5.07. The largest absolute Gasteiger partial charge is 0.347 e. The zero-order valence-electron chi connectivity index (χ0n) is 17.4. The summed E-state index contributed by atoms with van der Waals surface area (Å²) in [5, 5.41) is 7.13. The van der Waals surface area contributed by atoms with Gasteiger partial charge in [-0.1, -0.05) is 36.4 Å². The molecule has 31 heavy (non-hydrogen) atoms. The van der Waals surface area contributed by atoms with Crippen LogP contribution in [0.1, 0.15) is 29.1 Å². The van der Waals surface area contributed by atoms with Crippen LogP contribution in [-0.2, 0) is 11.2 Å². The summed E-state index contributed by atoms with van der Waals surface area (Å²) in [6, 6.07) is 19.6. The second kappa shape index (κ2) is 9.49. The van der Waals surface area contributed by atoms with Gasteiger partial charge in [-0.3, -0.25) is 4.79 Å². The standard InChI is InChI=1S/C24H23N5OS/c1-16-11-12-25-23(13-16)29-22-10-6-9-19(28-22)21-15-26-24(31-21)20(27-17(2)30)14-18-7-4-3-5-8-18/h3-13,15,20H,14H2,1-2H3,(H,27,30)(H,25,28,29)/t20-/m0/s1. The summed E-state index contributed by atoms with van der Waals surface area (Å²) < 4.78 is 0. The predicted molar refractivity (Wildman–Crippen MR) is 124 cm³/mol. The maximum Gasteiger partial charge on any atom is 0.217 e. The Labute approximate surface area is 185 Å². The van der Waals surface area contributed by atoms with Crippen molar-refractivity contribution >= 4 is 28.9 Å². The van der Waals surface area contributed by atoms with E-state index in [4.69, 9.17) is 4.98 Å². The zero-order valence-corrected chi connectivity index (χ0v) is 18.2. The summed E-state index contributed by atoms with van der Waals surface area (Å²) in [5.41, 5.74) is 3.10. The summed E-state index contributed by atoms with van der Waals surface area (Å²) in [6.07, 6.45) is 4.27. The summed E-state index contributed by atoms with van der Waals surface area (Å²) in [4.78, 5) is 26.4. The molecule has 2 N–H and O–H groups in total. The highest BCUT2D eigenvalue weighted by Crippen LogP contribution is 2.30. The molecule has 0 aliphatic heterocycles. The van der Waals surface area contributed by atoms with E-state index in [-0.39, 0.29) is 11.9 Å². The maximum absolute atomic E-state index is 11.8. The monoisotopic (exact) mass is 429 g/mol. The number of anilines is 2. The van der Waals surface area contributed by atoms with E-state index in [1.54, 1.807) is 17.5 Å². The summed E-state index contributed by atoms with van der Waals surface area (Å²) in [7, 11) is 0. The van der Waals surface area contributed by atoms with Gasteiger partial charge < -0.3 is 10.6 Å². The summed E-state index contributed by atoms with van der Waals surface area (Å²) >= 11 is 1.54. The number of aromatic nitrogens is 3. The first-order valence-electron chi connectivity index (χ1n) is 10.0. The maximum atomic E-state index is 11.8. The lowest BCUT2D eigenvalue weighted by atomic mass is 10.1. The molecule has 7 heteroatoms. The lowest BCUT2D eigenvalue weighted by molar-refractivity contribution is -0.119. The molecule has 0 radical (unpaired) electrons. The molecule has 0 saturated heterocycles. The SMILES string of the molecule is CC(=O)N[C@@H](Cc1ccccc1)c1ncc(-c2cccc(Nc3cc(C)ccn3)n2)s1. The Morgan fingerprint density at radius 2 is 1.87 bits per heavy atom. The lowest BCUT2D eigenvalue weighted by Gasteiger charge is -2.15. The number of rotatable bonds is 7. The second-order valence-electron chi connectivity index (χ2n) is 7.26. The third-order valence-corrected chi connectivity index (χ3v) is 5.79. The van der Waals surface area contributed by atoms with E-state index in [1.165, 1.54) is 6.92 Å². The van der Waals surface area contributed by atoms with Gasteiger partial charge in [0.1, 0.15) is 16.6 Å². The fourth-order valence-corrected chi connectivity index (χ4v) is 4.18. The van der Waals surface area contributed by atoms with Crippen LogP contribution in [-0.4, -0.2) is 20.9 Å². The molecule has 0 saturated carbocycles. The molecule has 1 atom stereocenters. The summed E-state index contributed by atoms with van der Waals surface area (Å²) in [6.45, 7) is 3.55. The molecule has 1 amide bonds. The molecule has 0 aliphatic rings. The smallest absolute Gasteiger partial charge is 0.217 e. The van der Waals surface area contributed by atoms with Crippen LogP contribution in [0.5, 0.6) is 0 Å². The first kappa shape index (κ1) is 20.7. The first-order chi connectivity index (χ1) is 15.1. The number of carbonyl (C=O) groups excluding carboxylic acids is 1. The van der Waals surface area contributed by atoms with Gasteiger partial charge in [0.2, 0.25) is 5.91 Å². The number of hydrogen-bond donors (Lipinski definition) is 2. The molecule has 6 nitrogen and oxygen atoms in total. The minimum absolute atomic E-state index is 0.0762. The molecule has 0 unspecified atom stereocenters. The van der Waals surface area contributed by atoms with Gasteiger partial charge in [-0.05, 0) is 48.7 Å². The molecule has 0 fully saturated rings. The van der Waals surface area contributed by atoms with Crippen molar-refractivity contribution in [2.45, 2.75) is 26.3 Å². The van der Waals surface area contributed by atoms with E-state index in [0.29, 0.717) is 12.2 Å². The van der Waals surface area contributed by atoms with E-state index >= 15 is 0 Å². The lowest BCUT2D eigenvalue weighted by Crippen LogP contribution is -2.27. The van der Waals surface area contributed by atoms with Crippen LogP contribution in [0.2, 0.25) is 0 Å². The normalized spacial score (nSPS) is 11.7. The van der Waals surface area contributed by atoms with Gasteiger partial charge in [-0.2, -0.15) is 0 Å². The van der Waals surface area contributed by atoms with Gasteiger partial charge in [0.05, 0.1) is 16.6 Å². The Bertz CT molecular complexity index is 1180. The van der Waals surface area contributed by atoms with Gasteiger partial charge in [0.15, 0.2) is 0 Å². The number of aryl methyl sites for hydroxylation is 1. The molecule has 0 bridgehead atoms. The van der Waals surface area contributed by atoms with Crippen LogP contribution >= 0.6 is 11.3 Å². The van der Waals surface area contributed by atoms with Crippen LogP contribution in [0.3, 0.4) is 0 Å². The van der Waals surface area contributed by atoms with Crippen molar-refractivity contribution in [3.63, 3.8) is 0 Å². The van der Waals surface area contributed by atoms with Gasteiger partial charge in [-0.15, -0.1) is 11.3 Å². The number of amides is 1. The number of nitrogens with zero attached hydrogens (tertiary/aromatic N) is 3. The van der Waals surface area contributed by atoms with Crippen molar-refractivity contribution in [3.8, 4) is 10.6 Å². The zero-order chi connectivity index (χ0) is 21.6. The molecular formula is C24H23N5OS. The Balaban J connectivity index is 1.56. The highest BCUT2D eigenvalue weighted by atomic mass is 32.1. The van der Waals surface area contributed by atoms with E-state index in [9.17, 15) is 4.79 Å². The molecule has 3 aromatic heterocycles. The van der Waals surface area contributed by atoms with Crippen molar-refractivity contribution < 1.29 is 4.79 Å². The second-order valence-corrected chi connectivity index (χ2v) is 8.32. The highest BCUT2D eigenvalue weighted by Gasteiger charge is 2.18. The van der Waals surface area contributed by atoms with E-state index in [1.807, 2.05) is 61.7 Å². The fraction of sp³-hybridized carbons (Fsp3) is 0.167. The van der Waals surface area contributed by atoms with Gasteiger partial charge >= 0.3 is 0 Å². The van der Waals surface area contributed by atoms with Crippen LogP contribution in [0, 0.1) is 6.92 Å². The molecule has 156 valence electrons. The minimum atomic E-state index is -0.184. The van der Waals surface area contributed by atoms with Crippen molar-refractivity contribution in [2.75, 3.05) is 5.32 Å². The van der Waals surface area contributed by atoms with Crippen molar-refractivity contribution in [1.29, 1.82) is 0 Å². The molecule has 1 aromatic carbocycles. The number of benzene rings is 1. The number of carbonyl (C=O) groups is 1. The first-order valence-corrected chi connectivity index (χ1v) is 10.8. The number of pyridine rings is 2. The third kappa shape index (κ3) is 5.52. The molecule has 3 heterocycles. The average molecular weight is 430 g/mol. The van der Waals surface area contributed by atoms with Crippen LogP contribution in [0.15, 0.2) is 73.1 Å². The van der Waals surface area contributed by atoms with Crippen LogP contribution < -0.4 is 10.6 Å². The number of thiazole rings is 1. The van der Waals surface area contributed by atoms with Crippen molar-refractivity contribution in [3.05, 3.63) is 89.2 Å². The molecular weight excluding hydrogens is 406 g/mol. The quantitative estimate of drug-likeness (QED) is 0.429. The Morgan fingerprint density at radius 3 is 2.65 bits per heavy atom. The van der Waals surface area contributed by atoms with Gasteiger partial charge in [0.25, 0.3) is 0 Å². The molecule has 0 spiro atoms. The van der Waals surface area contributed by atoms with E-state index < -0.39 is 0 Å². The molecule has 4 rings (SSSR count).